The highest BCUT2D eigenvalue weighted by Crippen LogP contribution is 2.37. The third-order valence-electron chi connectivity index (χ3n) is 5.31. The van der Waals surface area contributed by atoms with Crippen molar-refractivity contribution in [1.82, 2.24) is 4.90 Å². The van der Waals surface area contributed by atoms with Crippen LogP contribution in [0, 0.1) is 0 Å². The summed E-state index contributed by atoms with van der Waals surface area (Å²) in [6.45, 7) is 9.04. The molecule has 0 radical (unpaired) electrons. The molecule has 0 aliphatic carbocycles. The van der Waals surface area contributed by atoms with E-state index in [1.54, 1.807) is 26.8 Å². The summed E-state index contributed by atoms with van der Waals surface area (Å²) in [5.74, 6) is -1.37. The highest BCUT2D eigenvalue weighted by molar-refractivity contribution is 5.93. The zero-order valence-corrected chi connectivity index (χ0v) is 16.5. The molecule has 0 aromatic heterocycles. The van der Waals surface area contributed by atoms with E-state index >= 15 is 0 Å². The predicted octanol–water partition coefficient (Wildman–Crippen LogP) is 2.15. The van der Waals surface area contributed by atoms with Gasteiger partial charge in [0.2, 0.25) is 0 Å². The molecule has 150 valence electrons. The molecule has 2 aliphatic heterocycles. The molecule has 2 saturated heterocycles. The van der Waals surface area contributed by atoms with Crippen LogP contribution in [0.3, 0.4) is 0 Å². The Balaban J connectivity index is 1.90. The lowest BCUT2D eigenvalue weighted by molar-refractivity contribution is -0.155. The Morgan fingerprint density at radius 1 is 1.15 bits per heavy atom. The van der Waals surface area contributed by atoms with Crippen molar-refractivity contribution < 1.29 is 28.6 Å². The number of ether oxygens (including phenoxy) is 3. The fourth-order valence-electron chi connectivity index (χ4n) is 3.65. The van der Waals surface area contributed by atoms with Crippen LogP contribution in [0.15, 0.2) is 23.8 Å². The molecule has 0 spiro atoms. The fourth-order valence-corrected chi connectivity index (χ4v) is 3.65. The SMILES string of the molecule is C=C(CC(=O)OC1CC2CC(OC(=O)C(C)=CC)C(C1)N2C)C(=O)OCC. The second-order valence-corrected chi connectivity index (χ2v) is 7.12. The van der Waals surface area contributed by atoms with E-state index in [2.05, 4.69) is 11.5 Å². The van der Waals surface area contributed by atoms with Gasteiger partial charge in [0.1, 0.15) is 12.2 Å². The number of rotatable bonds is 7. The first-order valence-corrected chi connectivity index (χ1v) is 9.37. The number of nitrogens with zero attached hydrogens (tertiary/aromatic N) is 1. The van der Waals surface area contributed by atoms with Gasteiger partial charge in [0, 0.05) is 36.5 Å². The Kier molecular flexibility index (Phi) is 7.18. The average molecular weight is 379 g/mol. The Morgan fingerprint density at radius 2 is 1.85 bits per heavy atom. The normalized spacial score (nSPS) is 27.8. The molecule has 0 saturated carbocycles. The molecule has 0 aromatic rings. The number of piperidine rings is 1. The summed E-state index contributed by atoms with van der Waals surface area (Å²) in [6, 6.07) is 0.210. The van der Waals surface area contributed by atoms with Gasteiger partial charge in [-0.25, -0.2) is 9.59 Å². The Labute approximate surface area is 160 Å². The van der Waals surface area contributed by atoms with Crippen LogP contribution in [-0.4, -0.2) is 60.8 Å². The van der Waals surface area contributed by atoms with Crippen LogP contribution in [0.1, 0.15) is 46.5 Å². The smallest absolute Gasteiger partial charge is 0.333 e. The van der Waals surface area contributed by atoms with Crippen LogP contribution in [0.2, 0.25) is 0 Å². The lowest BCUT2D eigenvalue weighted by Gasteiger charge is -2.36. The van der Waals surface area contributed by atoms with Crippen LogP contribution >= 0.6 is 0 Å². The molecule has 27 heavy (non-hydrogen) atoms. The van der Waals surface area contributed by atoms with E-state index < -0.39 is 11.9 Å². The standard InChI is InChI=1S/C20H29NO6/c1-6-12(3)20(24)27-17-10-14-9-15(11-16(17)21(14)5)26-18(22)8-13(4)19(23)25-7-2/h6,14-17H,4,7-11H2,1-3,5H3. The second-order valence-electron chi connectivity index (χ2n) is 7.12. The first-order chi connectivity index (χ1) is 12.8. The number of hydrogen-bond donors (Lipinski definition) is 0. The second kappa shape index (κ2) is 9.17. The minimum Gasteiger partial charge on any atom is -0.463 e. The summed E-state index contributed by atoms with van der Waals surface area (Å²) in [7, 11) is 2.01. The average Bonchev–Trinajstić information content (AvgIpc) is 2.79. The molecule has 7 heteroatoms. The molecular formula is C20H29NO6. The van der Waals surface area contributed by atoms with E-state index in [9.17, 15) is 14.4 Å². The van der Waals surface area contributed by atoms with Gasteiger partial charge < -0.3 is 14.2 Å². The number of likely N-dealkylation sites (N-methyl/N-ethyl adjacent to an activating group) is 1. The Hall–Kier alpha value is -2.15. The van der Waals surface area contributed by atoms with E-state index in [1.165, 1.54) is 0 Å². The van der Waals surface area contributed by atoms with E-state index in [-0.39, 0.29) is 48.9 Å². The van der Waals surface area contributed by atoms with Crippen LogP contribution in [0.5, 0.6) is 0 Å². The zero-order valence-electron chi connectivity index (χ0n) is 16.5. The summed E-state index contributed by atoms with van der Waals surface area (Å²) >= 11 is 0. The van der Waals surface area contributed by atoms with E-state index in [1.807, 2.05) is 7.05 Å². The van der Waals surface area contributed by atoms with Gasteiger partial charge in [-0.1, -0.05) is 12.7 Å². The molecule has 2 rings (SSSR count). The molecule has 4 unspecified atom stereocenters. The van der Waals surface area contributed by atoms with Crippen molar-refractivity contribution in [2.24, 2.45) is 0 Å². The molecular weight excluding hydrogens is 350 g/mol. The molecule has 2 fully saturated rings. The van der Waals surface area contributed by atoms with Crippen LogP contribution in [0.4, 0.5) is 0 Å². The van der Waals surface area contributed by atoms with Crippen LogP contribution in [0.25, 0.3) is 0 Å². The summed E-state index contributed by atoms with van der Waals surface area (Å²) in [5.41, 5.74) is 0.672. The minimum atomic E-state index is -0.579. The number of hydrogen-bond acceptors (Lipinski definition) is 7. The van der Waals surface area contributed by atoms with Crippen molar-refractivity contribution in [3.63, 3.8) is 0 Å². The maximum absolute atomic E-state index is 12.1. The molecule has 7 nitrogen and oxygen atoms in total. The van der Waals surface area contributed by atoms with E-state index in [4.69, 9.17) is 14.2 Å². The van der Waals surface area contributed by atoms with Crippen molar-refractivity contribution in [1.29, 1.82) is 0 Å². The predicted molar refractivity (Wildman–Crippen MR) is 98.8 cm³/mol. The van der Waals surface area contributed by atoms with Crippen LogP contribution < -0.4 is 0 Å². The van der Waals surface area contributed by atoms with Crippen LogP contribution in [-0.2, 0) is 28.6 Å². The first-order valence-electron chi connectivity index (χ1n) is 9.37. The molecule has 2 bridgehead atoms. The number of carbonyl (C=O) groups is 3. The number of carbonyl (C=O) groups excluding carboxylic acids is 3. The molecule has 2 heterocycles. The molecule has 0 aromatic carbocycles. The van der Waals surface area contributed by atoms with Crippen molar-refractivity contribution in [2.75, 3.05) is 13.7 Å². The highest BCUT2D eigenvalue weighted by Gasteiger charge is 2.47. The minimum absolute atomic E-state index is 0.0171. The van der Waals surface area contributed by atoms with Gasteiger partial charge in [0.15, 0.2) is 0 Å². The van der Waals surface area contributed by atoms with Gasteiger partial charge in [-0.15, -0.1) is 0 Å². The monoisotopic (exact) mass is 379 g/mol. The van der Waals surface area contributed by atoms with Gasteiger partial charge in [0.05, 0.1) is 19.1 Å². The van der Waals surface area contributed by atoms with E-state index in [0.717, 1.165) is 6.42 Å². The van der Waals surface area contributed by atoms with Gasteiger partial charge in [-0.2, -0.15) is 0 Å². The molecule has 4 atom stereocenters. The van der Waals surface area contributed by atoms with Crippen molar-refractivity contribution in [3.8, 4) is 0 Å². The zero-order chi connectivity index (χ0) is 20.1. The summed E-state index contributed by atoms with van der Waals surface area (Å²) in [6.07, 6.45) is 3.09. The number of allylic oxidation sites excluding steroid dienone is 1. The molecule has 0 N–H and O–H groups in total. The maximum Gasteiger partial charge on any atom is 0.333 e. The van der Waals surface area contributed by atoms with Gasteiger partial charge in [-0.05, 0) is 27.8 Å². The third kappa shape index (κ3) is 5.19. The Bertz CT molecular complexity index is 640. The van der Waals surface area contributed by atoms with Gasteiger partial charge in [-0.3, -0.25) is 9.69 Å². The lowest BCUT2D eigenvalue weighted by atomic mass is 10.00. The first kappa shape index (κ1) is 21.2. The quantitative estimate of drug-likeness (QED) is 0.381. The summed E-state index contributed by atoms with van der Waals surface area (Å²) in [5, 5.41) is 0. The van der Waals surface area contributed by atoms with Crippen molar-refractivity contribution in [3.05, 3.63) is 23.8 Å². The van der Waals surface area contributed by atoms with Crippen molar-refractivity contribution in [2.45, 2.75) is 70.7 Å². The maximum atomic E-state index is 12.1. The van der Waals surface area contributed by atoms with Gasteiger partial charge >= 0.3 is 17.9 Å². The van der Waals surface area contributed by atoms with Crippen molar-refractivity contribution >= 4 is 17.9 Å². The molecule has 2 aliphatic rings. The largest absolute Gasteiger partial charge is 0.463 e. The fraction of sp³-hybridized carbons (Fsp3) is 0.650. The highest BCUT2D eigenvalue weighted by atomic mass is 16.6. The number of fused-ring (bicyclic) bond motifs is 2. The lowest BCUT2D eigenvalue weighted by Crippen LogP contribution is -2.46. The number of esters is 3. The van der Waals surface area contributed by atoms with E-state index in [0.29, 0.717) is 18.4 Å². The third-order valence-corrected chi connectivity index (χ3v) is 5.31. The van der Waals surface area contributed by atoms with Gasteiger partial charge in [0.25, 0.3) is 0 Å². The summed E-state index contributed by atoms with van der Waals surface area (Å²) in [4.78, 5) is 38.0. The Morgan fingerprint density at radius 3 is 2.48 bits per heavy atom. The summed E-state index contributed by atoms with van der Waals surface area (Å²) < 4.78 is 16.0. The topological polar surface area (TPSA) is 82.1 Å². The molecule has 0 amide bonds.